The molecule has 6 heteroatoms. The molecule has 2 amide bonds. The van der Waals surface area contributed by atoms with Crippen LogP contribution in [0.15, 0.2) is 48.5 Å². The standard InChI is InChI=1S/C22H26FN3O2/c1-16-2-8-20(9-3-16)25-21(27)15-26-12-10-18(11-13-26)22(28)24-14-17-4-6-19(23)7-5-17/h2-9,18H,10-15H2,1H3,(H,24,28)(H,25,27). The number of hydrogen-bond acceptors (Lipinski definition) is 3. The van der Waals surface area contributed by atoms with Gasteiger partial charge in [-0.3, -0.25) is 14.5 Å². The van der Waals surface area contributed by atoms with Gasteiger partial charge in [-0.25, -0.2) is 4.39 Å². The maximum atomic E-state index is 12.9. The van der Waals surface area contributed by atoms with Crippen molar-refractivity contribution in [2.24, 2.45) is 5.92 Å². The second kappa shape index (κ2) is 9.46. The van der Waals surface area contributed by atoms with Crippen LogP contribution in [0.4, 0.5) is 10.1 Å². The van der Waals surface area contributed by atoms with E-state index in [0.717, 1.165) is 42.7 Å². The highest BCUT2D eigenvalue weighted by atomic mass is 19.1. The Morgan fingerprint density at radius 1 is 1.04 bits per heavy atom. The summed E-state index contributed by atoms with van der Waals surface area (Å²) < 4.78 is 12.9. The molecule has 148 valence electrons. The molecular weight excluding hydrogens is 357 g/mol. The van der Waals surface area contributed by atoms with Gasteiger partial charge in [-0.05, 0) is 62.7 Å². The minimum absolute atomic E-state index is 0.0214. The number of carbonyl (C=O) groups is 2. The topological polar surface area (TPSA) is 61.4 Å². The summed E-state index contributed by atoms with van der Waals surface area (Å²) in [4.78, 5) is 26.6. The van der Waals surface area contributed by atoms with Crippen LogP contribution in [-0.2, 0) is 16.1 Å². The van der Waals surface area contributed by atoms with Crippen LogP contribution < -0.4 is 10.6 Å². The minimum atomic E-state index is -0.283. The molecule has 0 aliphatic carbocycles. The number of amides is 2. The van der Waals surface area contributed by atoms with Crippen molar-refractivity contribution in [2.75, 3.05) is 25.0 Å². The number of anilines is 1. The number of halogens is 1. The highest BCUT2D eigenvalue weighted by Gasteiger charge is 2.25. The predicted octanol–water partition coefficient (Wildman–Crippen LogP) is 3.10. The van der Waals surface area contributed by atoms with E-state index in [1.54, 1.807) is 12.1 Å². The highest BCUT2D eigenvalue weighted by molar-refractivity contribution is 5.92. The summed E-state index contributed by atoms with van der Waals surface area (Å²) >= 11 is 0. The third-order valence-corrected chi connectivity index (χ3v) is 5.04. The first-order valence-electron chi connectivity index (χ1n) is 9.60. The third-order valence-electron chi connectivity index (χ3n) is 5.04. The van der Waals surface area contributed by atoms with E-state index in [4.69, 9.17) is 0 Å². The smallest absolute Gasteiger partial charge is 0.238 e. The maximum absolute atomic E-state index is 12.9. The number of nitrogens with zero attached hydrogens (tertiary/aromatic N) is 1. The lowest BCUT2D eigenvalue weighted by atomic mass is 9.96. The van der Waals surface area contributed by atoms with Gasteiger partial charge in [0.05, 0.1) is 6.54 Å². The van der Waals surface area contributed by atoms with Crippen LogP contribution in [0.25, 0.3) is 0 Å². The van der Waals surface area contributed by atoms with Gasteiger partial charge in [0.25, 0.3) is 0 Å². The Morgan fingerprint density at radius 3 is 2.32 bits per heavy atom. The van der Waals surface area contributed by atoms with Crippen LogP contribution >= 0.6 is 0 Å². The Bertz CT molecular complexity index is 798. The number of carbonyl (C=O) groups excluding carboxylic acids is 2. The first-order chi connectivity index (χ1) is 13.5. The van der Waals surface area contributed by atoms with E-state index in [1.165, 1.54) is 12.1 Å². The zero-order valence-electron chi connectivity index (χ0n) is 16.1. The number of benzene rings is 2. The molecule has 2 aromatic rings. The molecule has 0 bridgehead atoms. The molecule has 1 fully saturated rings. The van der Waals surface area contributed by atoms with Gasteiger partial charge in [-0.2, -0.15) is 0 Å². The van der Waals surface area contributed by atoms with Crippen molar-refractivity contribution < 1.29 is 14.0 Å². The Hall–Kier alpha value is -2.73. The molecule has 2 N–H and O–H groups in total. The lowest BCUT2D eigenvalue weighted by Crippen LogP contribution is -2.43. The number of hydrogen-bond donors (Lipinski definition) is 2. The van der Waals surface area contributed by atoms with Crippen LogP contribution in [0.5, 0.6) is 0 Å². The summed E-state index contributed by atoms with van der Waals surface area (Å²) in [6.45, 7) is 4.17. The number of likely N-dealkylation sites (tertiary alicyclic amines) is 1. The minimum Gasteiger partial charge on any atom is -0.352 e. The van der Waals surface area contributed by atoms with Crippen molar-refractivity contribution in [1.29, 1.82) is 0 Å². The van der Waals surface area contributed by atoms with Gasteiger partial charge < -0.3 is 10.6 Å². The molecule has 0 saturated carbocycles. The molecular formula is C22H26FN3O2. The summed E-state index contributed by atoms with van der Waals surface area (Å²) in [7, 11) is 0. The SMILES string of the molecule is Cc1ccc(NC(=O)CN2CCC(C(=O)NCc3ccc(F)cc3)CC2)cc1. The second-order valence-electron chi connectivity index (χ2n) is 7.31. The number of rotatable bonds is 6. The highest BCUT2D eigenvalue weighted by Crippen LogP contribution is 2.18. The molecule has 0 atom stereocenters. The molecule has 1 saturated heterocycles. The molecule has 1 heterocycles. The molecule has 2 aromatic carbocycles. The van der Waals surface area contributed by atoms with Crippen molar-refractivity contribution >= 4 is 17.5 Å². The molecule has 0 radical (unpaired) electrons. The normalized spacial score (nSPS) is 15.2. The average molecular weight is 383 g/mol. The fourth-order valence-corrected chi connectivity index (χ4v) is 3.33. The van der Waals surface area contributed by atoms with Crippen LogP contribution in [0.1, 0.15) is 24.0 Å². The Balaban J connectivity index is 1.38. The van der Waals surface area contributed by atoms with Gasteiger partial charge >= 0.3 is 0 Å². The number of aryl methyl sites for hydroxylation is 1. The summed E-state index contributed by atoms with van der Waals surface area (Å²) in [6, 6.07) is 13.8. The quantitative estimate of drug-likeness (QED) is 0.806. The largest absolute Gasteiger partial charge is 0.352 e. The Labute approximate surface area is 164 Å². The molecule has 5 nitrogen and oxygen atoms in total. The molecule has 0 unspecified atom stereocenters. The van der Waals surface area contributed by atoms with Crippen LogP contribution in [-0.4, -0.2) is 36.3 Å². The summed E-state index contributed by atoms with van der Waals surface area (Å²) in [6.07, 6.45) is 1.46. The van der Waals surface area contributed by atoms with Crippen molar-refractivity contribution in [3.63, 3.8) is 0 Å². The lowest BCUT2D eigenvalue weighted by Gasteiger charge is -2.30. The zero-order valence-corrected chi connectivity index (χ0v) is 16.1. The van der Waals surface area contributed by atoms with Crippen molar-refractivity contribution in [3.05, 3.63) is 65.5 Å². The van der Waals surface area contributed by atoms with Crippen molar-refractivity contribution in [3.8, 4) is 0 Å². The van der Waals surface area contributed by atoms with Gasteiger partial charge in [-0.1, -0.05) is 29.8 Å². The fraction of sp³-hybridized carbons (Fsp3) is 0.364. The van der Waals surface area contributed by atoms with Crippen LogP contribution in [0, 0.1) is 18.7 Å². The fourth-order valence-electron chi connectivity index (χ4n) is 3.33. The number of piperidine rings is 1. The van der Waals surface area contributed by atoms with E-state index >= 15 is 0 Å². The monoisotopic (exact) mass is 383 g/mol. The second-order valence-corrected chi connectivity index (χ2v) is 7.31. The maximum Gasteiger partial charge on any atom is 0.238 e. The Kier molecular flexibility index (Phi) is 6.76. The summed E-state index contributed by atoms with van der Waals surface area (Å²) in [5.74, 6) is -0.345. The predicted molar refractivity (Wildman–Crippen MR) is 107 cm³/mol. The van der Waals surface area contributed by atoms with Gasteiger partial charge in [0.15, 0.2) is 0 Å². The van der Waals surface area contributed by atoms with Gasteiger partial charge in [0.2, 0.25) is 11.8 Å². The molecule has 0 spiro atoms. The number of nitrogens with one attached hydrogen (secondary N) is 2. The van der Waals surface area contributed by atoms with Gasteiger partial charge in [-0.15, -0.1) is 0 Å². The molecule has 0 aromatic heterocycles. The molecule has 3 rings (SSSR count). The van der Waals surface area contributed by atoms with E-state index in [2.05, 4.69) is 15.5 Å². The molecule has 1 aliphatic heterocycles. The first kappa shape index (κ1) is 20.0. The molecule has 28 heavy (non-hydrogen) atoms. The van der Waals surface area contributed by atoms with Crippen molar-refractivity contribution in [2.45, 2.75) is 26.3 Å². The van der Waals surface area contributed by atoms with E-state index in [0.29, 0.717) is 13.1 Å². The molecule has 1 aliphatic rings. The van der Waals surface area contributed by atoms with Gasteiger partial charge in [0.1, 0.15) is 5.82 Å². The van der Waals surface area contributed by atoms with Gasteiger partial charge in [0, 0.05) is 18.2 Å². The third kappa shape index (κ3) is 5.89. The lowest BCUT2D eigenvalue weighted by molar-refractivity contribution is -0.126. The van der Waals surface area contributed by atoms with E-state index in [9.17, 15) is 14.0 Å². The van der Waals surface area contributed by atoms with E-state index < -0.39 is 0 Å². The summed E-state index contributed by atoms with van der Waals surface area (Å²) in [5.41, 5.74) is 2.82. The first-order valence-corrected chi connectivity index (χ1v) is 9.60. The van der Waals surface area contributed by atoms with Crippen LogP contribution in [0.3, 0.4) is 0 Å². The van der Waals surface area contributed by atoms with Crippen molar-refractivity contribution in [1.82, 2.24) is 10.2 Å². The summed E-state index contributed by atoms with van der Waals surface area (Å²) in [5, 5.41) is 5.83. The zero-order chi connectivity index (χ0) is 19.9. The van der Waals surface area contributed by atoms with Crippen LogP contribution in [0.2, 0.25) is 0 Å². The van der Waals surface area contributed by atoms with E-state index in [-0.39, 0.29) is 23.5 Å². The van der Waals surface area contributed by atoms with E-state index in [1.807, 2.05) is 31.2 Å². The average Bonchev–Trinajstić information content (AvgIpc) is 2.69. The Morgan fingerprint density at radius 2 is 1.68 bits per heavy atom.